The summed E-state index contributed by atoms with van der Waals surface area (Å²) >= 11 is 9.72. The number of nitrogens with zero attached hydrogens (tertiary/aromatic N) is 1. The highest BCUT2D eigenvalue weighted by Crippen LogP contribution is 2.38. The molecule has 0 aliphatic carbocycles. The van der Waals surface area contributed by atoms with E-state index in [2.05, 4.69) is 21.2 Å². The smallest absolute Gasteiger partial charge is 0.329 e. The Labute approximate surface area is 204 Å². The van der Waals surface area contributed by atoms with Gasteiger partial charge in [-0.2, -0.15) is 0 Å². The summed E-state index contributed by atoms with van der Waals surface area (Å²) in [7, 11) is 1.53. The minimum Gasteiger partial charge on any atom is -0.493 e. The SMILES string of the molecule is COc1cc(/C=C2/NC(=O)N(Cc3ccccc3)C2=O)cc(Br)c1OCc1ccccc1Cl. The summed E-state index contributed by atoms with van der Waals surface area (Å²) in [5.74, 6) is 0.589. The molecule has 0 atom stereocenters. The molecule has 1 fully saturated rings. The molecule has 33 heavy (non-hydrogen) atoms. The normalized spacial score (nSPS) is 14.5. The quantitative estimate of drug-likeness (QED) is 0.312. The number of amides is 3. The van der Waals surface area contributed by atoms with Crippen LogP contribution in [0.5, 0.6) is 11.5 Å². The van der Waals surface area contributed by atoms with Crippen LogP contribution in [0.1, 0.15) is 16.7 Å². The van der Waals surface area contributed by atoms with Crippen molar-refractivity contribution in [3.8, 4) is 11.5 Å². The Morgan fingerprint density at radius 2 is 1.79 bits per heavy atom. The standard InChI is InChI=1S/C25H20BrClN2O4/c1-32-22-13-17(11-19(26)23(22)33-15-18-9-5-6-10-20(18)27)12-21-24(30)29(25(31)28-21)14-16-7-3-2-4-8-16/h2-13H,14-15H2,1H3,(H,28,31)/b21-12+. The maximum absolute atomic E-state index is 12.8. The molecule has 0 saturated carbocycles. The van der Waals surface area contributed by atoms with Gasteiger partial charge in [-0.15, -0.1) is 0 Å². The van der Waals surface area contributed by atoms with Gasteiger partial charge in [0.05, 0.1) is 18.1 Å². The zero-order valence-electron chi connectivity index (χ0n) is 17.7. The van der Waals surface area contributed by atoms with E-state index in [0.29, 0.717) is 26.6 Å². The molecule has 0 spiro atoms. The van der Waals surface area contributed by atoms with Crippen LogP contribution in [0, 0.1) is 0 Å². The number of ether oxygens (including phenoxy) is 2. The van der Waals surface area contributed by atoms with Gasteiger partial charge in [0.25, 0.3) is 5.91 Å². The predicted octanol–water partition coefficient (Wildman–Crippen LogP) is 5.78. The lowest BCUT2D eigenvalue weighted by molar-refractivity contribution is -0.123. The average molecular weight is 528 g/mol. The summed E-state index contributed by atoms with van der Waals surface area (Å²) in [6.07, 6.45) is 1.61. The zero-order chi connectivity index (χ0) is 23.4. The minimum absolute atomic E-state index is 0.189. The highest BCUT2D eigenvalue weighted by Gasteiger charge is 2.33. The van der Waals surface area contributed by atoms with Gasteiger partial charge in [0.1, 0.15) is 12.3 Å². The average Bonchev–Trinajstić information content (AvgIpc) is 3.07. The second kappa shape index (κ2) is 10.1. The highest BCUT2D eigenvalue weighted by molar-refractivity contribution is 9.10. The van der Waals surface area contributed by atoms with Gasteiger partial charge < -0.3 is 14.8 Å². The summed E-state index contributed by atoms with van der Waals surface area (Å²) in [5, 5.41) is 3.26. The number of imide groups is 1. The van der Waals surface area contributed by atoms with E-state index in [-0.39, 0.29) is 18.8 Å². The van der Waals surface area contributed by atoms with Crippen molar-refractivity contribution in [2.24, 2.45) is 0 Å². The molecule has 3 amide bonds. The van der Waals surface area contributed by atoms with Crippen molar-refractivity contribution >= 4 is 45.5 Å². The van der Waals surface area contributed by atoms with E-state index in [1.165, 1.54) is 12.0 Å². The van der Waals surface area contributed by atoms with E-state index in [9.17, 15) is 9.59 Å². The van der Waals surface area contributed by atoms with Crippen LogP contribution >= 0.6 is 27.5 Å². The molecule has 1 heterocycles. The molecule has 3 aromatic carbocycles. The Morgan fingerprint density at radius 3 is 2.52 bits per heavy atom. The first kappa shape index (κ1) is 22.9. The third-order valence-corrected chi connectivity index (χ3v) is 6.00. The Hall–Kier alpha value is -3.29. The minimum atomic E-state index is -0.458. The predicted molar refractivity (Wildman–Crippen MR) is 130 cm³/mol. The van der Waals surface area contributed by atoms with E-state index in [4.69, 9.17) is 21.1 Å². The number of halogens is 2. The molecule has 1 saturated heterocycles. The maximum atomic E-state index is 12.8. The summed E-state index contributed by atoms with van der Waals surface area (Å²) in [4.78, 5) is 26.4. The van der Waals surface area contributed by atoms with Crippen molar-refractivity contribution in [2.45, 2.75) is 13.2 Å². The molecule has 0 unspecified atom stereocenters. The molecule has 6 nitrogen and oxygen atoms in total. The first-order chi connectivity index (χ1) is 16.0. The number of nitrogens with one attached hydrogen (secondary N) is 1. The van der Waals surface area contributed by atoms with Crippen molar-refractivity contribution in [1.82, 2.24) is 10.2 Å². The van der Waals surface area contributed by atoms with Gasteiger partial charge in [0.2, 0.25) is 0 Å². The van der Waals surface area contributed by atoms with Crippen molar-refractivity contribution in [3.05, 3.63) is 98.6 Å². The highest BCUT2D eigenvalue weighted by atomic mass is 79.9. The number of methoxy groups -OCH3 is 1. The Kier molecular flexibility index (Phi) is 7.01. The zero-order valence-corrected chi connectivity index (χ0v) is 20.0. The molecule has 4 rings (SSSR count). The van der Waals surface area contributed by atoms with E-state index >= 15 is 0 Å². The van der Waals surface area contributed by atoms with Crippen LogP contribution in [0.4, 0.5) is 4.79 Å². The second-order valence-electron chi connectivity index (χ2n) is 7.28. The Morgan fingerprint density at radius 1 is 1.06 bits per heavy atom. The van der Waals surface area contributed by atoms with Crippen LogP contribution in [-0.2, 0) is 17.9 Å². The molecule has 1 N–H and O–H groups in total. The van der Waals surface area contributed by atoms with Crippen LogP contribution in [0.25, 0.3) is 6.08 Å². The molecule has 0 bridgehead atoms. The molecule has 8 heteroatoms. The fourth-order valence-electron chi connectivity index (χ4n) is 3.38. The van der Waals surface area contributed by atoms with Crippen LogP contribution in [-0.4, -0.2) is 23.9 Å². The van der Waals surface area contributed by atoms with E-state index in [0.717, 1.165) is 11.1 Å². The third-order valence-electron chi connectivity index (χ3n) is 5.04. The molecular formula is C25H20BrClN2O4. The maximum Gasteiger partial charge on any atom is 0.329 e. The van der Waals surface area contributed by atoms with Crippen LogP contribution in [0.3, 0.4) is 0 Å². The van der Waals surface area contributed by atoms with Gasteiger partial charge in [0, 0.05) is 10.6 Å². The van der Waals surface area contributed by atoms with Crippen molar-refractivity contribution < 1.29 is 19.1 Å². The summed E-state index contributed by atoms with van der Waals surface area (Å²) in [5.41, 5.74) is 2.56. The number of rotatable bonds is 7. The van der Waals surface area contributed by atoms with Crippen LogP contribution in [0.2, 0.25) is 5.02 Å². The van der Waals surface area contributed by atoms with Crippen molar-refractivity contribution in [3.63, 3.8) is 0 Å². The van der Waals surface area contributed by atoms with Gasteiger partial charge in [-0.1, -0.05) is 60.1 Å². The summed E-state index contributed by atoms with van der Waals surface area (Å²) in [6, 6.07) is 19.8. The molecule has 168 valence electrons. The molecule has 0 aromatic heterocycles. The largest absolute Gasteiger partial charge is 0.493 e. The van der Waals surface area contributed by atoms with E-state index in [1.807, 2.05) is 48.5 Å². The summed E-state index contributed by atoms with van der Waals surface area (Å²) < 4.78 is 12.1. The lowest BCUT2D eigenvalue weighted by Gasteiger charge is -2.14. The van der Waals surface area contributed by atoms with Crippen molar-refractivity contribution in [2.75, 3.05) is 7.11 Å². The van der Waals surface area contributed by atoms with Gasteiger partial charge in [0.15, 0.2) is 11.5 Å². The first-order valence-electron chi connectivity index (χ1n) is 10.1. The second-order valence-corrected chi connectivity index (χ2v) is 8.54. The van der Waals surface area contributed by atoms with E-state index < -0.39 is 11.9 Å². The van der Waals surface area contributed by atoms with Crippen molar-refractivity contribution in [1.29, 1.82) is 0 Å². The third kappa shape index (κ3) is 5.21. The fourth-order valence-corrected chi connectivity index (χ4v) is 4.14. The van der Waals surface area contributed by atoms with Gasteiger partial charge >= 0.3 is 6.03 Å². The van der Waals surface area contributed by atoms with Crippen LogP contribution in [0.15, 0.2) is 76.9 Å². The van der Waals surface area contributed by atoms with E-state index in [1.54, 1.807) is 24.3 Å². The molecule has 0 radical (unpaired) electrons. The van der Waals surface area contributed by atoms with Gasteiger partial charge in [-0.3, -0.25) is 9.69 Å². The fraction of sp³-hybridized carbons (Fsp3) is 0.120. The molecule has 1 aliphatic heterocycles. The number of hydrogen-bond acceptors (Lipinski definition) is 4. The lowest BCUT2D eigenvalue weighted by Crippen LogP contribution is -2.30. The number of carbonyl (C=O) groups is 2. The Bertz CT molecular complexity index is 1230. The number of urea groups is 1. The molecule has 1 aliphatic rings. The topological polar surface area (TPSA) is 67.9 Å². The Balaban J connectivity index is 1.54. The first-order valence-corrected chi connectivity index (χ1v) is 11.3. The summed E-state index contributed by atoms with van der Waals surface area (Å²) in [6.45, 7) is 0.461. The molecule has 3 aromatic rings. The molecular weight excluding hydrogens is 508 g/mol. The monoisotopic (exact) mass is 526 g/mol. The number of carbonyl (C=O) groups excluding carboxylic acids is 2. The van der Waals surface area contributed by atoms with Crippen LogP contribution < -0.4 is 14.8 Å². The van der Waals surface area contributed by atoms with Gasteiger partial charge in [-0.25, -0.2) is 4.79 Å². The van der Waals surface area contributed by atoms with Gasteiger partial charge in [-0.05, 0) is 51.3 Å². The number of hydrogen-bond donors (Lipinski definition) is 1. The lowest BCUT2D eigenvalue weighted by atomic mass is 10.1. The number of benzene rings is 3.